The summed E-state index contributed by atoms with van der Waals surface area (Å²) in [6, 6.07) is 0. The normalized spacial score (nSPS) is 12.0. The Morgan fingerprint density at radius 3 is 0.700 bits per heavy atom. The Kier molecular flexibility index (Phi) is 11.2. The van der Waals surface area contributed by atoms with E-state index in [9.17, 15) is 0 Å². The molecular weight excluding hydrogens is 382 g/mol. The number of hydrogen-bond acceptors (Lipinski definition) is 0. The summed E-state index contributed by atoms with van der Waals surface area (Å²) in [6.07, 6.45) is 0. The molecule has 0 saturated carbocycles. The van der Waals surface area contributed by atoms with Gasteiger partial charge < -0.3 is 0 Å². The summed E-state index contributed by atoms with van der Waals surface area (Å²) in [6.45, 7) is 0. The molecule has 0 bridgehead atoms. The Morgan fingerprint density at radius 1 is 0.700 bits per heavy atom. The molecule has 0 heterocycles. The average Bonchev–Trinajstić information content (AvgIpc) is 1.12. The van der Waals surface area contributed by atoms with Crippen LogP contribution in [-0.4, -0.2) is 0 Å². The monoisotopic (exact) mass is 379 g/mol. The second kappa shape index (κ2) is 6.98. The molecule has 0 unspecified atom stereocenters. The van der Waals surface area contributed by atoms with E-state index >= 15 is 0 Å². The van der Waals surface area contributed by atoms with E-state index in [-0.39, 0.29) is 0 Å². The molecule has 0 spiro atoms. The van der Waals surface area contributed by atoms with Crippen molar-refractivity contribution in [3.05, 3.63) is 0 Å². The van der Waals surface area contributed by atoms with E-state index < -0.39 is 22.5 Å². The van der Waals surface area contributed by atoms with Crippen LogP contribution in [0.25, 0.3) is 0 Å². The number of rotatable bonds is 0. The van der Waals surface area contributed by atoms with Crippen LogP contribution in [0.15, 0.2) is 0 Å². The van der Waals surface area contributed by atoms with Crippen molar-refractivity contribution in [2.24, 2.45) is 0 Å². The van der Waals surface area contributed by atoms with Crippen LogP contribution in [0.2, 0.25) is 0 Å². The van der Waals surface area contributed by atoms with Crippen LogP contribution in [-0.2, 0) is 22.5 Å². The van der Waals surface area contributed by atoms with Crippen molar-refractivity contribution >= 4 is 76.6 Å². The van der Waals surface area contributed by atoms with Crippen LogP contribution >= 0.6 is 76.6 Å². The van der Waals surface area contributed by atoms with Gasteiger partial charge in [0, 0.05) is 0 Å². The average molecular weight is 382 g/mol. The van der Waals surface area contributed by atoms with Gasteiger partial charge in [-0.05, 0) is 0 Å². The summed E-state index contributed by atoms with van der Waals surface area (Å²) in [5, 5.41) is 0. The maximum absolute atomic E-state index is 5.01. The molecule has 0 atom stereocenters. The van der Waals surface area contributed by atoms with Crippen molar-refractivity contribution in [2.75, 3.05) is 0 Å². The fourth-order valence-electron chi connectivity index (χ4n) is 0. The first kappa shape index (κ1) is 16.1. The van der Waals surface area contributed by atoms with Gasteiger partial charge in [-0.15, -0.1) is 0 Å². The van der Waals surface area contributed by atoms with Gasteiger partial charge in [-0.1, -0.05) is 0 Å². The third-order valence-electron chi connectivity index (χ3n) is 0. The van der Waals surface area contributed by atoms with Crippen molar-refractivity contribution in [3.8, 4) is 0 Å². The topological polar surface area (TPSA) is 0 Å². The van der Waals surface area contributed by atoms with E-state index in [4.69, 9.17) is 76.6 Å². The summed E-state index contributed by atoms with van der Waals surface area (Å²) in [5.41, 5.74) is 0. The molecule has 0 amide bonds. The van der Waals surface area contributed by atoms with E-state index in [2.05, 4.69) is 0 Å². The predicted molar refractivity (Wildman–Crippen MR) is 46.8 cm³/mol. The SMILES string of the molecule is [Cl][Ti]([Cl])([Cl])[Cl].[Cl][V]([Cl])([Cl])[Cl]. The fourth-order valence-corrected chi connectivity index (χ4v) is 0. The minimum absolute atomic E-state index is 2.99. The van der Waals surface area contributed by atoms with Gasteiger partial charge in [0.25, 0.3) is 0 Å². The zero-order valence-electron chi connectivity index (χ0n) is 3.97. The molecule has 0 rings (SSSR count). The number of hydrogen-bond donors (Lipinski definition) is 0. The Hall–Kier alpha value is 3.62. The van der Waals surface area contributed by atoms with E-state index in [1.807, 2.05) is 0 Å². The van der Waals surface area contributed by atoms with E-state index in [0.717, 1.165) is 0 Å². The Morgan fingerprint density at radius 2 is 0.700 bits per heavy atom. The van der Waals surface area contributed by atoms with Gasteiger partial charge in [0.1, 0.15) is 0 Å². The van der Waals surface area contributed by atoms with E-state index in [0.29, 0.717) is 0 Å². The zero-order chi connectivity index (χ0) is 9.00. The molecule has 0 saturated heterocycles. The third kappa shape index (κ3) is 100. The van der Waals surface area contributed by atoms with Gasteiger partial charge in [-0.2, -0.15) is 0 Å². The molecule has 10 heavy (non-hydrogen) atoms. The first-order valence-electron chi connectivity index (χ1n) is 1.43. The molecule has 0 N–H and O–H groups in total. The van der Waals surface area contributed by atoms with Crippen molar-refractivity contribution < 1.29 is 22.5 Å². The van der Waals surface area contributed by atoms with Gasteiger partial charge in [0.15, 0.2) is 0 Å². The molecule has 0 radical (unpaired) electrons. The zero-order valence-corrected chi connectivity index (χ0v) is 13.0. The quantitative estimate of drug-likeness (QED) is 0.485. The summed E-state index contributed by atoms with van der Waals surface area (Å²) in [7, 11) is 37.1. The minimum atomic E-state index is -3.11. The molecule has 0 nitrogen and oxygen atoms in total. The summed E-state index contributed by atoms with van der Waals surface area (Å²) >= 11 is -3.11. The molecule has 0 aromatic rings. The molecule has 65 valence electrons. The van der Waals surface area contributed by atoms with Crippen molar-refractivity contribution in [1.29, 1.82) is 0 Å². The summed E-state index contributed by atoms with van der Waals surface area (Å²) < 4.78 is 0. The Bertz CT molecular complexity index is 52.2. The molecule has 0 aliphatic rings. The van der Waals surface area contributed by atoms with E-state index in [1.54, 1.807) is 0 Å². The molecule has 0 aliphatic carbocycles. The second-order valence-corrected chi connectivity index (χ2v) is 30.1. The van der Waals surface area contributed by atoms with Crippen LogP contribution in [0.3, 0.4) is 0 Å². The Labute approximate surface area is 97.2 Å². The van der Waals surface area contributed by atoms with Crippen LogP contribution in [0.1, 0.15) is 0 Å². The molecule has 10 heteroatoms. The first-order valence-corrected chi connectivity index (χ1v) is 17.7. The van der Waals surface area contributed by atoms with Gasteiger partial charge in [-0.3, -0.25) is 0 Å². The van der Waals surface area contributed by atoms with Crippen molar-refractivity contribution in [1.82, 2.24) is 0 Å². The first-order chi connectivity index (χ1) is 4.00. The van der Waals surface area contributed by atoms with Gasteiger partial charge in [-0.25, -0.2) is 0 Å². The van der Waals surface area contributed by atoms with Gasteiger partial charge in [0.2, 0.25) is 0 Å². The van der Waals surface area contributed by atoms with Crippen LogP contribution in [0.4, 0.5) is 0 Å². The Balaban J connectivity index is 0. The fraction of sp³-hybridized carbons (Fsp3) is 0. The maximum atomic E-state index is 5.01. The van der Waals surface area contributed by atoms with Crippen LogP contribution in [0, 0.1) is 0 Å². The van der Waals surface area contributed by atoms with Crippen LogP contribution in [0.5, 0.6) is 0 Å². The van der Waals surface area contributed by atoms with E-state index in [1.165, 1.54) is 0 Å². The summed E-state index contributed by atoms with van der Waals surface area (Å²) in [4.78, 5) is 0. The van der Waals surface area contributed by atoms with Gasteiger partial charge >= 0.3 is 99.1 Å². The molecule has 0 aromatic heterocycles. The standard InChI is InChI=1S/8ClH.Ti.V/h8*1H;;/q;;;;;;;;2*+4/p-8. The molecule has 0 fully saturated rings. The second-order valence-electron chi connectivity index (χ2n) is 0.812. The predicted octanol–water partition coefficient (Wildman–Crippen LogP) is 5.51. The molecule has 0 aromatic carbocycles. The van der Waals surface area contributed by atoms with Crippen molar-refractivity contribution in [2.45, 2.75) is 0 Å². The molecular formula is Cl8TiV. The number of halogens is 8. The van der Waals surface area contributed by atoms with Gasteiger partial charge in [0.05, 0.1) is 0 Å². The van der Waals surface area contributed by atoms with Crippen LogP contribution < -0.4 is 0 Å². The van der Waals surface area contributed by atoms with Crippen molar-refractivity contribution in [3.63, 3.8) is 0 Å². The molecule has 0 aliphatic heterocycles. The third-order valence-corrected chi connectivity index (χ3v) is 0. The summed E-state index contributed by atoms with van der Waals surface area (Å²) in [5.74, 6) is 0.